The largest absolute Gasteiger partial charge is 0.381 e. The molecule has 0 saturated carbocycles. The Kier molecular flexibility index (Phi) is 6.88. The molecule has 0 amide bonds. The van der Waals surface area contributed by atoms with Gasteiger partial charge in [-0.15, -0.1) is 0 Å². The van der Waals surface area contributed by atoms with Crippen molar-refractivity contribution in [3.8, 4) is 0 Å². The van der Waals surface area contributed by atoms with Crippen molar-refractivity contribution in [2.75, 3.05) is 58.9 Å². The molecule has 7 nitrogen and oxygen atoms in total. The van der Waals surface area contributed by atoms with Crippen molar-refractivity contribution < 1.29 is 17.9 Å². The molecule has 1 N–H and O–H groups in total. The number of ether oxygens (including phenoxy) is 2. The van der Waals surface area contributed by atoms with Crippen LogP contribution in [0.2, 0.25) is 0 Å². The number of guanidine groups is 1. The Balaban J connectivity index is 1.67. The summed E-state index contributed by atoms with van der Waals surface area (Å²) < 4.78 is 34.4. The molecule has 1 atom stereocenters. The van der Waals surface area contributed by atoms with E-state index in [4.69, 9.17) is 9.47 Å². The average Bonchev–Trinajstić information content (AvgIpc) is 3.03. The highest BCUT2D eigenvalue weighted by Gasteiger charge is 2.40. The molecule has 2 heterocycles. The second kappa shape index (κ2) is 8.49. The second-order valence-corrected chi connectivity index (χ2v) is 9.88. The van der Waals surface area contributed by atoms with E-state index in [1.165, 1.54) is 0 Å². The van der Waals surface area contributed by atoms with Gasteiger partial charge >= 0.3 is 0 Å². The van der Waals surface area contributed by atoms with E-state index in [2.05, 4.69) is 10.3 Å². The minimum absolute atomic E-state index is 0.174. The predicted molar refractivity (Wildman–Crippen MR) is 95.2 cm³/mol. The van der Waals surface area contributed by atoms with Crippen LogP contribution in [0.1, 0.15) is 26.7 Å². The van der Waals surface area contributed by atoms with Gasteiger partial charge in [-0.05, 0) is 26.7 Å². The maximum absolute atomic E-state index is 12.1. The lowest BCUT2D eigenvalue weighted by Crippen LogP contribution is -2.57. The van der Waals surface area contributed by atoms with Crippen molar-refractivity contribution in [1.82, 2.24) is 10.2 Å². The minimum Gasteiger partial charge on any atom is -0.381 e. The molecule has 0 aromatic heterocycles. The predicted octanol–water partition coefficient (Wildman–Crippen LogP) is 0.514. The summed E-state index contributed by atoms with van der Waals surface area (Å²) in [6.07, 6.45) is 1.99. The molecule has 2 saturated heterocycles. The van der Waals surface area contributed by atoms with Crippen LogP contribution in [0.3, 0.4) is 0 Å². The normalized spacial score (nSPS) is 26.5. The molecule has 1 unspecified atom stereocenters. The van der Waals surface area contributed by atoms with E-state index in [0.717, 1.165) is 45.2 Å². The van der Waals surface area contributed by atoms with E-state index < -0.39 is 14.6 Å². The zero-order chi connectivity index (χ0) is 17.6. The van der Waals surface area contributed by atoms with E-state index in [0.29, 0.717) is 25.6 Å². The Bertz CT molecular complexity index is 527. The van der Waals surface area contributed by atoms with Crippen molar-refractivity contribution in [2.24, 2.45) is 10.9 Å². The maximum atomic E-state index is 12.1. The third kappa shape index (κ3) is 5.07. The molecular weight excluding hydrogens is 330 g/mol. The van der Waals surface area contributed by atoms with Gasteiger partial charge in [-0.2, -0.15) is 0 Å². The molecule has 2 fully saturated rings. The van der Waals surface area contributed by atoms with Crippen molar-refractivity contribution in [2.45, 2.75) is 31.4 Å². The number of hydrogen-bond donors (Lipinski definition) is 1. The molecule has 0 aromatic rings. The summed E-state index contributed by atoms with van der Waals surface area (Å²) in [6, 6.07) is 0. The first-order valence-corrected chi connectivity index (χ1v) is 10.3. The summed E-state index contributed by atoms with van der Waals surface area (Å²) in [4.78, 5) is 6.31. The maximum Gasteiger partial charge on any atom is 0.193 e. The molecule has 0 aliphatic carbocycles. The van der Waals surface area contributed by atoms with Crippen molar-refractivity contribution in [3.05, 3.63) is 0 Å². The van der Waals surface area contributed by atoms with Crippen LogP contribution < -0.4 is 5.32 Å². The Hall–Kier alpha value is -0.860. The summed E-state index contributed by atoms with van der Waals surface area (Å²) in [7, 11) is -1.30. The first-order chi connectivity index (χ1) is 11.4. The molecule has 2 rings (SSSR count). The fraction of sp³-hybridized carbons (Fsp3) is 0.938. The van der Waals surface area contributed by atoms with Gasteiger partial charge in [-0.1, -0.05) is 0 Å². The van der Waals surface area contributed by atoms with Crippen molar-refractivity contribution in [3.63, 3.8) is 0 Å². The Morgan fingerprint density at radius 3 is 2.88 bits per heavy atom. The smallest absolute Gasteiger partial charge is 0.193 e. The molecule has 0 spiro atoms. The van der Waals surface area contributed by atoms with Crippen LogP contribution in [0, 0.1) is 5.92 Å². The fourth-order valence-corrected chi connectivity index (χ4v) is 4.36. The van der Waals surface area contributed by atoms with Gasteiger partial charge in [-0.25, -0.2) is 8.42 Å². The van der Waals surface area contributed by atoms with Crippen LogP contribution in [-0.4, -0.2) is 82.9 Å². The first kappa shape index (κ1) is 19.5. The van der Waals surface area contributed by atoms with Gasteiger partial charge < -0.3 is 19.7 Å². The number of hydrogen-bond acceptors (Lipinski definition) is 5. The summed E-state index contributed by atoms with van der Waals surface area (Å²) in [5.41, 5.74) is 0. The number of nitrogens with zero attached hydrogens (tertiary/aromatic N) is 2. The topological polar surface area (TPSA) is 80.2 Å². The lowest BCUT2D eigenvalue weighted by molar-refractivity contribution is 0.0887. The van der Waals surface area contributed by atoms with E-state index in [9.17, 15) is 8.42 Å². The van der Waals surface area contributed by atoms with Crippen molar-refractivity contribution >= 4 is 15.8 Å². The minimum atomic E-state index is -3.03. The van der Waals surface area contributed by atoms with Gasteiger partial charge in [0.1, 0.15) is 0 Å². The number of nitrogens with one attached hydrogen (secondary N) is 1. The molecule has 0 radical (unpaired) electrons. The van der Waals surface area contributed by atoms with Gasteiger partial charge in [0.15, 0.2) is 15.8 Å². The van der Waals surface area contributed by atoms with Gasteiger partial charge in [0.2, 0.25) is 0 Å². The molecule has 24 heavy (non-hydrogen) atoms. The fourth-order valence-electron chi connectivity index (χ4n) is 3.00. The van der Waals surface area contributed by atoms with Gasteiger partial charge in [0.05, 0.1) is 23.7 Å². The van der Waals surface area contributed by atoms with Crippen molar-refractivity contribution in [1.29, 1.82) is 0 Å². The first-order valence-electron chi connectivity index (χ1n) is 8.69. The highest BCUT2D eigenvalue weighted by atomic mass is 32.2. The Morgan fingerprint density at radius 1 is 1.46 bits per heavy atom. The Morgan fingerprint density at radius 2 is 2.25 bits per heavy atom. The summed E-state index contributed by atoms with van der Waals surface area (Å²) in [5, 5.41) is 3.31. The van der Waals surface area contributed by atoms with Crippen LogP contribution >= 0.6 is 0 Å². The van der Waals surface area contributed by atoms with Gasteiger partial charge in [-0.3, -0.25) is 4.99 Å². The highest BCUT2D eigenvalue weighted by molar-refractivity contribution is 7.92. The molecule has 0 aromatic carbocycles. The lowest BCUT2D eigenvalue weighted by atomic mass is 10.1. The van der Waals surface area contributed by atoms with Crippen LogP contribution in [-0.2, 0) is 19.3 Å². The zero-order valence-corrected chi connectivity index (χ0v) is 15.9. The van der Waals surface area contributed by atoms with Gasteiger partial charge in [0, 0.05) is 45.8 Å². The molecular formula is C16H31N3O4S. The number of aliphatic imine (C=N–C) groups is 1. The number of sulfone groups is 1. The van der Waals surface area contributed by atoms with E-state index >= 15 is 0 Å². The summed E-state index contributed by atoms with van der Waals surface area (Å²) >= 11 is 0. The van der Waals surface area contributed by atoms with Crippen LogP contribution in [0.5, 0.6) is 0 Å². The van der Waals surface area contributed by atoms with E-state index in [-0.39, 0.29) is 5.75 Å². The van der Waals surface area contributed by atoms with Crippen LogP contribution in [0.15, 0.2) is 4.99 Å². The lowest BCUT2D eigenvalue weighted by Gasteiger charge is -2.39. The monoisotopic (exact) mass is 361 g/mol. The molecule has 140 valence electrons. The van der Waals surface area contributed by atoms with Crippen LogP contribution in [0.25, 0.3) is 0 Å². The SMILES string of the molecule is CN=C(NCCCOCC1CCOC1)N1CCS(=O)(=O)C(C)(C)C1. The molecule has 0 bridgehead atoms. The molecule has 2 aliphatic rings. The third-order valence-electron chi connectivity index (χ3n) is 4.68. The second-order valence-electron chi connectivity index (χ2n) is 7.13. The average molecular weight is 362 g/mol. The van der Waals surface area contributed by atoms with Crippen LogP contribution in [0.4, 0.5) is 0 Å². The highest BCUT2D eigenvalue weighted by Crippen LogP contribution is 2.23. The summed E-state index contributed by atoms with van der Waals surface area (Å²) in [6.45, 7) is 8.43. The number of rotatable bonds is 6. The van der Waals surface area contributed by atoms with E-state index in [1.807, 2.05) is 4.90 Å². The van der Waals surface area contributed by atoms with E-state index in [1.54, 1.807) is 20.9 Å². The quantitative estimate of drug-likeness (QED) is 0.422. The molecule has 8 heteroatoms. The van der Waals surface area contributed by atoms with Gasteiger partial charge in [0.25, 0.3) is 0 Å². The zero-order valence-electron chi connectivity index (χ0n) is 15.1. The molecule has 2 aliphatic heterocycles. The standard InChI is InChI=1S/C16H31N3O4S/c1-16(2)13-19(7-10-24(16,20)21)15(17-3)18-6-4-8-22-11-14-5-9-23-12-14/h14H,4-13H2,1-3H3,(H,17,18). The summed E-state index contributed by atoms with van der Waals surface area (Å²) in [5.74, 6) is 1.48. The Labute approximate surface area is 145 Å². The third-order valence-corrected chi connectivity index (χ3v) is 7.21.